The van der Waals surface area contributed by atoms with E-state index in [1.165, 1.54) is 0 Å². The van der Waals surface area contributed by atoms with Crippen molar-refractivity contribution in [2.75, 3.05) is 6.61 Å². The second-order valence-electron chi connectivity index (χ2n) is 6.11. The van der Waals surface area contributed by atoms with Crippen LogP contribution in [-0.4, -0.2) is 34.3 Å². The summed E-state index contributed by atoms with van der Waals surface area (Å²) in [5, 5.41) is 7.00. The molecule has 1 aromatic carbocycles. The van der Waals surface area contributed by atoms with Crippen molar-refractivity contribution < 1.29 is 14.3 Å². The Morgan fingerprint density at radius 1 is 1.17 bits per heavy atom. The lowest BCUT2D eigenvalue weighted by atomic mass is 10.1. The average Bonchev–Trinajstić information content (AvgIpc) is 2.98. The minimum absolute atomic E-state index is 0.0350. The quantitative estimate of drug-likeness (QED) is 0.827. The molecule has 1 aromatic heterocycles. The Kier molecular flexibility index (Phi) is 5.73. The third kappa shape index (κ3) is 4.44. The molecule has 1 N–H and O–H groups in total. The lowest BCUT2D eigenvalue weighted by Gasteiger charge is -2.17. The molecule has 0 unspecified atom stereocenters. The first-order chi connectivity index (χ1) is 11.4. The maximum Gasteiger partial charge on any atom is 0.338 e. The topological polar surface area (TPSA) is 73.2 Å². The van der Waals surface area contributed by atoms with Gasteiger partial charge in [0.2, 0.25) is 0 Å². The van der Waals surface area contributed by atoms with Crippen molar-refractivity contribution in [3.8, 4) is 5.69 Å². The Balaban J connectivity index is 1.91. The van der Waals surface area contributed by atoms with Gasteiger partial charge < -0.3 is 10.1 Å². The molecular formula is C18H23N3O3. The lowest BCUT2D eigenvalue weighted by molar-refractivity contribution is -0.125. The van der Waals surface area contributed by atoms with Crippen LogP contribution in [-0.2, 0) is 9.53 Å². The number of rotatable bonds is 6. The molecule has 6 heteroatoms. The van der Waals surface area contributed by atoms with Crippen LogP contribution in [0.1, 0.15) is 36.8 Å². The number of hydrogen-bond donors (Lipinski definition) is 1. The molecular weight excluding hydrogens is 306 g/mol. The number of esters is 1. The van der Waals surface area contributed by atoms with E-state index in [0.717, 1.165) is 11.4 Å². The minimum Gasteiger partial charge on any atom is -0.452 e. The maximum absolute atomic E-state index is 12.0. The zero-order valence-corrected chi connectivity index (χ0v) is 14.4. The predicted octanol–water partition coefficient (Wildman–Crippen LogP) is 2.50. The number of aryl methyl sites for hydroxylation is 1. The SMILES string of the molecule is Cc1ccnn1-c1ccc(C(=O)OCC(=O)N[C@H](C)C(C)C)cc1. The van der Waals surface area contributed by atoms with Gasteiger partial charge in [0.1, 0.15) is 0 Å². The molecule has 6 nitrogen and oxygen atoms in total. The fourth-order valence-corrected chi connectivity index (χ4v) is 2.06. The first kappa shape index (κ1) is 17.7. The molecule has 0 aliphatic rings. The van der Waals surface area contributed by atoms with Crippen LogP contribution >= 0.6 is 0 Å². The van der Waals surface area contributed by atoms with E-state index in [4.69, 9.17) is 4.74 Å². The number of benzene rings is 1. The summed E-state index contributed by atoms with van der Waals surface area (Å²) in [6, 6.07) is 8.84. The highest BCUT2D eigenvalue weighted by atomic mass is 16.5. The number of nitrogens with one attached hydrogen (secondary N) is 1. The van der Waals surface area contributed by atoms with Crippen molar-refractivity contribution in [1.82, 2.24) is 15.1 Å². The summed E-state index contributed by atoms with van der Waals surface area (Å²) in [6.07, 6.45) is 1.72. The van der Waals surface area contributed by atoms with E-state index in [1.807, 2.05) is 33.8 Å². The van der Waals surface area contributed by atoms with Gasteiger partial charge in [0.15, 0.2) is 6.61 Å². The van der Waals surface area contributed by atoms with E-state index >= 15 is 0 Å². The zero-order chi connectivity index (χ0) is 17.7. The highest BCUT2D eigenvalue weighted by Crippen LogP contribution is 2.12. The summed E-state index contributed by atoms with van der Waals surface area (Å²) in [5.74, 6) is -0.498. The van der Waals surface area contributed by atoms with Crippen LogP contribution < -0.4 is 5.32 Å². The van der Waals surface area contributed by atoms with E-state index < -0.39 is 5.97 Å². The van der Waals surface area contributed by atoms with Crippen LogP contribution in [0.3, 0.4) is 0 Å². The second kappa shape index (κ2) is 7.77. The van der Waals surface area contributed by atoms with Gasteiger partial charge in [-0.3, -0.25) is 4.79 Å². The molecule has 0 bridgehead atoms. The molecule has 1 amide bonds. The van der Waals surface area contributed by atoms with Crippen molar-refractivity contribution in [2.45, 2.75) is 33.7 Å². The minimum atomic E-state index is -0.522. The summed E-state index contributed by atoms with van der Waals surface area (Å²) < 4.78 is 6.83. The van der Waals surface area contributed by atoms with Crippen LogP contribution in [0.25, 0.3) is 5.69 Å². The summed E-state index contributed by atoms with van der Waals surface area (Å²) in [4.78, 5) is 23.7. The Hall–Kier alpha value is -2.63. The largest absolute Gasteiger partial charge is 0.452 e. The van der Waals surface area contributed by atoms with Gasteiger partial charge in [-0.05, 0) is 50.1 Å². The Bertz CT molecular complexity index is 705. The highest BCUT2D eigenvalue weighted by molar-refractivity contribution is 5.91. The molecule has 1 heterocycles. The van der Waals surface area contributed by atoms with E-state index in [2.05, 4.69) is 10.4 Å². The first-order valence-electron chi connectivity index (χ1n) is 7.96. The van der Waals surface area contributed by atoms with Crippen molar-refractivity contribution in [2.24, 2.45) is 5.92 Å². The average molecular weight is 329 g/mol. The van der Waals surface area contributed by atoms with Gasteiger partial charge in [-0.1, -0.05) is 13.8 Å². The standard InChI is InChI=1S/C18H23N3O3/c1-12(2)14(4)20-17(22)11-24-18(23)15-5-7-16(8-6-15)21-13(3)9-10-19-21/h5-10,12,14H,11H2,1-4H3,(H,20,22)/t14-/m1/s1. The summed E-state index contributed by atoms with van der Waals surface area (Å²) in [7, 11) is 0. The third-order valence-electron chi connectivity index (χ3n) is 3.90. The van der Waals surface area contributed by atoms with E-state index in [-0.39, 0.29) is 18.6 Å². The number of carbonyl (C=O) groups is 2. The Morgan fingerprint density at radius 2 is 1.83 bits per heavy atom. The van der Waals surface area contributed by atoms with Gasteiger partial charge in [0, 0.05) is 17.9 Å². The summed E-state index contributed by atoms with van der Waals surface area (Å²) in [5.41, 5.74) is 2.26. The second-order valence-corrected chi connectivity index (χ2v) is 6.11. The van der Waals surface area contributed by atoms with Crippen LogP contribution in [0.2, 0.25) is 0 Å². The summed E-state index contributed by atoms with van der Waals surface area (Å²) >= 11 is 0. The molecule has 0 saturated carbocycles. The van der Waals surface area contributed by atoms with Crippen molar-refractivity contribution in [1.29, 1.82) is 0 Å². The van der Waals surface area contributed by atoms with Gasteiger partial charge in [-0.2, -0.15) is 5.10 Å². The van der Waals surface area contributed by atoms with E-state index in [1.54, 1.807) is 35.1 Å². The van der Waals surface area contributed by atoms with Gasteiger partial charge in [0.25, 0.3) is 5.91 Å². The molecule has 0 aliphatic carbocycles. The van der Waals surface area contributed by atoms with Gasteiger partial charge >= 0.3 is 5.97 Å². The molecule has 2 aromatic rings. The molecule has 1 atom stereocenters. The Labute approximate surface area is 141 Å². The molecule has 2 rings (SSSR count). The number of nitrogens with zero attached hydrogens (tertiary/aromatic N) is 2. The van der Waals surface area contributed by atoms with Crippen molar-refractivity contribution >= 4 is 11.9 Å². The molecule has 0 spiro atoms. The number of ether oxygens (including phenoxy) is 1. The fourth-order valence-electron chi connectivity index (χ4n) is 2.06. The molecule has 24 heavy (non-hydrogen) atoms. The van der Waals surface area contributed by atoms with E-state index in [9.17, 15) is 9.59 Å². The number of aromatic nitrogens is 2. The van der Waals surface area contributed by atoms with Gasteiger partial charge in [0.05, 0.1) is 11.3 Å². The van der Waals surface area contributed by atoms with Crippen molar-refractivity contribution in [3.05, 3.63) is 47.8 Å². The van der Waals surface area contributed by atoms with Crippen LogP contribution in [0.5, 0.6) is 0 Å². The van der Waals surface area contributed by atoms with Crippen molar-refractivity contribution in [3.63, 3.8) is 0 Å². The molecule has 0 radical (unpaired) electrons. The van der Waals surface area contributed by atoms with Crippen LogP contribution in [0.4, 0.5) is 0 Å². The van der Waals surface area contributed by atoms with Crippen LogP contribution in [0.15, 0.2) is 36.5 Å². The molecule has 0 fully saturated rings. The predicted molar refractivity (Wildman–Crippen MR) is 91.0 cm³/mol. The Morgan fingerprint density at radius 3 is 2.38 bits per heavy atom. The molecule has 0 aliphatic heterocycles. The number of hydrogen-bond acceptors (Lipinski definition) is 4. The molecule has 128 valence electrons. The highest BCUT2D eigenvalue weighted by Gasteiger charge is 2.14. The van der Waals surface area contributed by atoms with Gasteiger partial charge in [-0.15, -0.1) is 0 Å². The molecule has 0 saturated heterocycles. The zero-order valence-electron chi connectivity index (χ0n) is 14.4. The fraction of sp³-hybridized carbons (Fsp3) is 0.389. The number of carbonyl (C=O) groups excluding carboxylic acids is 2. The number of amides is 1. The smallest absolute Gasteiger partial charge is 0.338 e. The maximum atomic E-state index is 12.0. The third-order valence-corrected chi connectivity index (χ3v) is 3.90. The first-order valence-corrected chi connectivity index (χ1v) is 7.96. The van der Waals surface area contributed by atoms with E-state index in [0.29, 0.717) is 11.5 Å². The normalized spacial score (nSPS) is 12.0. The lowest BCUT2D eigenvalue weighted by Crippen LogP contribution is -2.38. The summed E-state index contributed by atoms with van der Waals surface area (Å²) in [6.45, 7) is 7.61. The van der Waals surface area contributed by atoms with Gasteiger partial charge in [-0.25, -0.2) is 9.48 Å². The van der Waals surface area contributed by atoms with Crippen LogP contribution in [0, 0.1) is 12.8 Å². The monoisotopic (exact) mass is 329 g/mol.